The minimum Gasteiger partial charge on any atom is -0.366 e. The molecular formula is C29H28N2O. The summed E-state index contributed by atoms with van der Waals surface area (Å²) in [7, 11) is 0. The molecule has 1 heterocycles. The first-order valence-electron chi connectivity index (χ1n) is 11.4. The summed E-state index contributed by atoms with van der Waals surface area (Å²) in [5.41, 5.74) is 12.5. The Hall–Kier alpha value is -3.59. The van der Waals surface area contributed by atoms with Gasteiger partial charge in [0.25, 0.3) is 0 Å². The normalized spacial score (nSPS) is 11.6. The molecule has 0 saturated heterocycles. The first-order valence-corrected chi connectivity index (χ1v) is 11.4. The fourth-order valence-electron chi connectivity index (χ4n) is 4.91. The van der Waals surface area contributed by atoms with E-state index in [1.807, 2.05) is 12.1 Å². The van der Waals surface area contributed by atoms with Gasteiger partial charge in [-0.05, 0) is 65.4 Å². The summed E-state index contributed by atoms with van der Waals surface area (Å²) in [6, 6.07) is 25.5. The third-order valence-corrected chi connectivity index (χ3v) is 6.63. The molecule has 3 nitrogen and oxygen atoms in total. The van der Waals surface area contributed by atoms with E-state index in [1.54, 1.807) is 0 Å². The maximum Gasteiger partial charge on any atom is 0.249 e. The molecule has 32 heavy (non-hydrogen) atoms. The number of aromatic nitrogens is 1. The average molecular weight is 421 g/mol. The van der Waals surface area contributed by atoms with E-state index in [-0.39, 0.29) is 5.91 Å². The van der Waals surface area contributed by atoms with Crippen LogP contribution in [-0.4, -0.2) is 10.5 Å². The highest BCUT2D eigenvalue weighted by molar-refractivity contribution is 6.18. The molecule has 160 valence electrons. The third kappa shape index (κ3) is 3.34. The highest BCUT2D eigenvalue weighted by Gasteiger charge is 2.18. The Morgan fingerprint density at radius 2 is 1.75 bits per heavy atom. The summed E-state index contributed by atoms with van der Waals surface area (Å²) in [5, 5.41) is 4.56. The quantitative estimate of drug-likeness (QED) is 0.325. The Labute approximate surface area is 188 Å². The van der Waals surface area contributed by atoms with Crippen LogP contribution < -0.4 is 5.73 Å². The van der Waals surface area contributed by atoms with Crippen LogP contribution >= 0.6 is 0 Å². The van der Waals surface area contributed by atoms with E-state index in [9.17, 15) is 4.79 Å². The summed E-state index contributed by atoms with van der Waals surface area (Å²) in [5.74, 6) is -0.383. The number of unbranched alkanes of at least 4 members (excludes halogenated alkanes) is 1. The molecule has 1 amide bonds. The molecule has 0 unspecified atom stereocenters. The summed E-state index contributed by atoms with van der Waals surface area (Å²) in [4.78, 5) is 12.3. The molecule has 0 fully saturated rings. The SMILES string of the molecule is CCCCc1ccc2c3c(C(N)=O)cccc3n(Cc3c(C)ccc4ccccc34)c2c1. The lowest BCUT2D eigenvalue weighted by atomic mass is 9.99. The molecule has 0 saturated carbocycles. The zero-order valence-electron chi connectivity index (χ0n) is 18.7. The molecule has 4 aromatic carbocycles. The van der Waals surface area contributed by atoms with E-state index in [4.69, 9.17) is 5.73 Å². The van der Waals surface area contributed by atoms with Gasteiger partial charge in [-0.1, -0.05) is 67.9 Å². The maximum atomic E-state index is 12.3. The fourth-order valence-corrected chi connectivity index (χ4v) is 4.91. The van der Waals surface area contributed by atoms with Gasteiger partial charge < -0.3 is 10.3 Å². The lowest BCUT2D eigenvalue weighted by Gasteiger charge is -2.14. The van der Waals surface area contributed by atoms with Crippen LogP contribution in [0.1, 0.15) is 46.8 Å². The molecule has 0 spiro atoms. The van der Waals surface area contributed by atoms with E-state index in [0.29, 0.717) is 5.56 Å². The fraction of sp³-hybridized carbons (Fsp3) is 0.207. The number of fused-ring (bicyclic) bond motifs is 4. The number of nitrogens with zero attached hydrogens (tertiary/aromatic N) is 1. The van der Waals surface area contributed by atoms with Gasteiger partial charge in [-0.3, -0.25) is 4.79 Å². The van der Waals surface area contributed by atoms with Crippen molar-refractivity contribution in [2.24, 2.45) is 5.73 Å². The van der Waals surface area contributed by atoms with Crippen LogP contribution in [0, 0.1) is 6.92 Å². The van der Waals surface area contributed by atoms with E-state index in [2.05, 4.69) is 79.1 Å². The molecule has 5 aromatic rings. The van der Waals surface area contributed by atoms with Gasteiger partial charge in [0.2, 0.25) is 5.91 Å². The number of primary amides is 1. The number of hydrogen-bond acceptors (Lipinski definition) is 1. The topological polar surface area (TPSA) is 48.0 Å². The third-order valence-electron chi connectivity index (χ3n) is 6.63. The number of aryl methyl sites for hydroxylation is 2. The monoisotopic (exact) mass is 420 g/mol. The van der Waals surface area contributed by atoms with Crippen LogP contribution in [0.25, 0.3) is 32.6 Å². The van der Waals surface area contributed by atoms with Crippen molar-refractivity contribution in [2.45, 2.75) is 39.7 Å². The highest BCUT2D eigenvalue weighted by Crippen LogP contribution is 2.34. The van der Waals surface area contributed by atoms with Gasteiger partial charge in [-0.15, -0.1) is 0 Å². The smallest absolute Gasteiger partial charge is 0.249 e. The van der Waals surface area contributed by atoms with E-state index in [1.165, 1.54) is 40.3 Å². The van der Waals surface area contributed by atoms with Gasteiger partial charge >= 0.3 is 0 Å². The zero-order valence-corrected chi connectivity index (χ0v) is 18.7. The average Bonchev–Trinajstić information content (AvgIpc) is 3.12. The van der Waals surface area contributed by atoms with Gasteiger partial charge in [0.05, 0.1) is 5.52 Å². The second-order valence-electron chi connectivity index (χ2n) is 8.69. The maximum absolute atomic E-state index is 12.3. The predicted molar refractivity (Wildman–Crippen MR) is 134 cm³/mol. The summed E-state index contributed by atoms with van der Waals surface area (Å²) < 4.78 is 2.36. The van der Waals surface area contributed by atoms with Crippen LogP contribution in [0.15, 0.2) is 72.8 Å². The van der Waals surface area contributed by atoms with Gasteiger partial charge in [-0.2, -0.15) is 0 Å². The second kappa shape index (κ2) is 8.16. The summed E-state index contributed by atoms with van der Waals surface area (Å²) in [6.07, 6.45) is 3.40. The van der Waals surface area contributed by atoms with Crippen molar-refractivity contribution in [1.82, 2.24) is 4.57 Å². The van der Waals surface area contributed by atoms with Crippen LogP contribution in [0.5, 0.6) is 0 Å². The van der Waals surface area contributed by atoms with Crippen molar-refractivity contribution in [3.8, 4) is 0 Å². The van der Waals surface area contributed by atoms with Gasteiger partial charge in [0.15, 0.2) is 0 Å². The van der Waals surface area contributed by atoms with Crippen molar-refractivity contribution >= 4 is 38.5 Å². The van der Waals surface area contributed by atoms with E-state index in [0.717, 1.165) is 34.8 Å². The molecule has 0 aliphatic heterocycles. The van der Waals surface area contributed by atoms with Crippen LogP contribution in [0.4, 0.5) is 0 Å². The first-order chi connectivity index (χ1) is 15.6. The minimum atomic E-state index is -0.383. The van der Waals surface area contributed by atoms with Gasteiger partial charge in [0, 0.05) is 28.4 Å². The number of carbonyl (C=O) groups excluding carboxylic acids is 1. The molecule has 3 heteroatoms. The highest BCUT2D eigenvalue weighted by atomic mass is 16.1. The number of amides is 1. The first kappa shape index (κ1) is 20.3. The number of hydrogen-bond donors (Lipinski definition) is 1. The van der Waals surface area contributed by atoms with Gasteiger partial charge in [-0.25, -0.2) is 0 Å². The van der Waals surface area contributed by atoms with Crippen LogP contribution in [0.2, 0.25) is 0 Å². The molecule has 0 bridgehead atoms. The lowest BCUT2D eigenvalue weighted by molar-refractivity contribution is 0.100. The predicted octanol–water partition coefficient (Wildman–Crippen LogP) is 6.75. The number of benzene rings is 4. The Morgan fingerprint density at radius 1 is 0.906 bits per heavy atom. The van der Waals surface area contributed by atoms with Crippen molar-refractivity contribution in [3.63, 3.8) is 0 Å². The summed E-state index contributed by atoms with van der Waals surface area (Å²) in [6.45, 7) is 5.14. The van der Waals surface area contributed by atoms with Crippen molar-refractivity contribution < 1.29 is 4.79 Å². The number of carbonyl (C=O) groups is 1. The molecule has 1 aromatic heterocycles. The van der Waals surface area contributed by atoms with Crippen molar-refractivity contribution in [1.29, 1.82) is 0 Å². The summed E-state index contributed by atoms with van der Waals surface area (Å²) >= 11 is 0. The Balaban J connectivity index is 1.80. The number of nitrogens with two attached hydrogens (primary N) is 1. The second-order valence-corrected chi connectivity index (χ2v) is 8.69. The zero-order chi connectivity index (χ0) is 22.2. The molecular weight excluding hydrogens is 392 g/mol. The molecule has 0 radical (unpaired) electrons. The lowest BCUT2D eigenvalue weighted by Crippen LogP contribution is -2.11. The van der Waals surface area contributed by atoms with Crippen molar-refractivity contribution in [2.75, 3.05) is 0 Å². The van der Waals surface area contributed by atoms with E-state index >= 15 is 0 Å². The molecule has 0 atom stereocenters. The van der Waals surface area contributed by atoms with Crippen LogP contribution in [-0.2, 0) is 13.0 Å². The van der Waals surface area contributed by atoms with Crippen LogP contribution in [0.3, 0.4) is 0 Å². The van der Waals surface area contributed by atoms with Crippen molar-refractivity contribution in [3.05, 3.63) is 95.1 Å². The largest absolute Gasteiger partial charge is 0.366 e. The molecule has 2 N–H and O–H groups in total. The number of rotatable bonds is 6. The Morgan fingerprint density at radius 3 is 2.56 bits per heavy atom. The van der Waals surface area contributed by atoms with Gasteiger partial charge in [0.1, 0.15) is 0 Å². The van der Waals surface area contributed by atoms with E-state index < -0.39 is 0 Å². The standard InChI is InChI=1S/C29H28N2O/c1-3-4-8-20-14-16-23-27(17-20)31(26-12-7-11-24(28(23)26)29(30)32)18-25-19(2)13-15-21-9-5-6-10-22(21)25/h5-7,9-17H,3-4,8,18H2,1-2H3,(H2,30,32). The molecule has 5 rings (SSSR count). The molecule has 0 aliphatic rings. The molecule has 0 aliphatic carbocycles. The Bertz CT molecular complexity index is 1480. The minimum absolute atomic E-state index is 0.383. The Kier molecular flexibility index (Phi) is 5.18.